The van der Waals surface area contributed by atoms with Crippen molar-refractivity contribution in [1.82, 2.24) is 19.9 Å². The van der Waals surface area contributed by atoms with Gasteiger partial charge in [0.1, 0.15) is 0 Å². The number of hydrogen-bond donors (Lipinski definition) is 1. The first-order valence-corrected chi connectivity index (χ1v) is 5.89. The van der Waals surface area contributed by atoms with Crippen LogP contribution < -0.4 is 5.73 Å². The quantitative estimate of drug-likeness (QED) is 0.877. The summed E-state index contributed by atoms with van der Waals surface area (Å²) in [6.45, 7) is 8.09. The molecule has 0 radical (unpaired) electrons. The van der Waals surface area contributed by atoms with Gasteiger partial charge in [-0.05, 0) is 18.4 Å². The molecule has 18 heavy (non-hydrogen) atoms. The van der Waals surface area contributed by atoms with Gasteiger partial charge in [0.2, 0.25) is 0 Å². The summed E-state index contributed by atoms with van der Waals surface area (Å²) in [6.07, 6.45) is 0. The minimum Gasteiger partial charge on any atom is -0.332 e. The molecule has 2 aromatic rings. The Kier molecular flexibility index (Phi) is 2.98. The third kappa shape index (κ3) is 2.28. The van der Waals surface area contributed by atoms with E-state index in [-0.39, 0.29) is 11.5 Å². The molecule has 0 aliphatic carbocycles. The fourth-order valence-corrected chi connectivity index (χ4v) is 1.52. The van der Waals surface area contributed by atoms with Crippen molar-refractivity contribution in [2.45, 2.75) is 33.7 Å². The zero-order valence-corrected chi connectivity index (χ0v) is 11.4. The summed E-state index contributed by atoms with van der Waals surface area (Å²) >= 11 is 0. The van der Waals surface area contributed by atoms with E-state index < -0.39 is 0 Å². The molecule has 2 rings (SSSR count). The molecular weight excluding hydrogens is 230 g/mol. The van der Waals surface area contributed by atoms with Gasteiger partial charge in [-0.25, -0.2) is 0 Å². The molecule has 6 nitrogen and oxygen atoms in total. The van der Waals surface area contributed by atoms with E-state index in [0.717, 1.165) is 5.69 Å². The summed E-state index contributed by atoms with van der Waals surface area (Å²) in [6, 6.07) is 1.64. The lowest BCUT2D eigenvalue weighted by Gasteiger charge is -2.23. The van der Waals surface area contributed by atoms with Crippen LogP contribution in [0.2, 0.25) is 0 Å². The first kappa shape index (κ1) is 12.8. The van der Waals surface area contributed by atoms with Crippen LogP contribution in [0.5, 0.6) is 0 Å². The highest BCUT2D eigenvalue weighted by atomic mass is 16.5. The molecule has 0 aromatic carbocycles. The van der Waals surface area contributed by atoms with Crippen LogP contribution in [0.25, 0.3) is 11.6 Å². The van der Waals surface area contributed by atoms with Crippen LogP contribution in [-0.4, -0.2) is 19.9 Å². The van der Waals surface area contributed by atoms with E-state index in [1.165, 1.54) is 0 Å². The average molecular weight is 249 g/mol. The number of aromatic nitrogens is 4. The van der Waals surface area contributed by atoms with Crippen LogP contribution in [0.15, 0.2) is 10.6 Å². The highest BCUT2D eigenvalue weighted by Crippen LogP contribution is 2.29. The summed E-state index contributed by atoms with van der Waals surface area (Å²) in [4.78, 5) is 4.32. The van der Waals surface area contributed by atoms with Crippen LogP contribution >= 0.6 is 0 Å². The molecule has 1 unspecified atom stereocenters. The Morgan fingerprint density at radius 2 is 2.06 bits per heavy atom. The largest absolute Gasteiger partial charge is 0.332 e. The summed E-state index contributed by atoms with van der Waals surface area (Å²) in [7, 11) is 1.87. The van der Waals surface area contributed by atoms with E-state index in [1.807, 2.05) is 40.8 Å². The van der Waals surface area contributed by atoms with Gasteiger partial charge in [-0.2, -0.15) is 10.1 Å². The van der Waals surface area contributed by atoms with Crippen LogP contribution in [0.3, 0.4) is 0 Å². The Balaban J connectivity index is 2.31. The lowest BCUT2D eigenvalue weighted by atomic mass is 9.87. The predicted molar refractivity (Wildman–Crippen MR) is 67.6 cm³/mol. The number of hydrogen-bond acceptors (Lipinski definition) is 5. The molecule has 0 aliphatic rings. The Hall–Kier alpha value is -1.69. The van der Waals surface area contributed by atoms with E-state index in [4.69, 9.17) is 10.3 Å². The topological polar surface area (TPSA) is 82.8 Å². The van der Waals surface area contributed by atoms with Crippen LogP contribution in [0.4, 0.5) is 0 Å². The van der Waals surface area contributed by atoms with Crippen molar-refractivity contribution in [3.05, 3.63) is 17.6 Å². The standard InChI is InChI=1S/C12H19N5O/c1-7-6-8(15-17(7)5)11-14-10(16-18-11)9(13)12(2,3)4/h6,9H,13H2,1-5H3. The van der Waals surface area contributed by atoms with Crippen molar-refractivity contribution in [3.63, 3.8) is 0 Å². The maximum absolute atomic E-state index is 6.09. The number of nitrogens with two attached hydrogens (primary N) is 1. The van der Waals surface area contributed by atoms with Crippen molar-refractivity contribution in [3.8, 4) is 11.6 Å². The monoisotopic (exact) mass is 249 g/mol. The SMILES string of the molecule is Cc1cc(-c2nc(C(N)C(C)(C)C)no2)nn1C. The van der Waals surface area contributed by atoms with Gasteiger partial charge in [0.15, 0.2) is 11.5 Å². The van der Waals surface area contributed by atoms with E-state index in [2.05, 4.69) is 15.2 Å². The van der Waals surface area contributed by atoms with E-state index in [1.54, 1.807) is 4.68 Å². The minimum atomic E-state index is -0.264. The lowest BCUT2D eigenvalue weighted by molar-refractivity contribution is 0.303. The highest BCUT2D eigenvalue weighted by molar-refractivity contribution is 5.46. The summed E-state index contributed by atoms with van der Waals surface area (Å²) in [5, 5.41) is 8.23. The van der Waals surface area contributed by atoms with Crippen LogP contribution in [0.1, 0.15) is 38.3 Å². The summed E-state index contributed by atoms with van der Waals surface area (Å²) in [5.41, 5.74) is 7.69. The van der Waals surface area contributed by atoms with Crippen molar-refractivity contribution in [1.29, 1.82) is 0 Å². The molecule has 2 aromatic heterocycles. The Morgan fingerprint density at radius 3 is 2.56 bits per heavy atom. The third-order valence-corrected chi connectivity index (χ3v) is 2.99. The van der Waals surface area contributed by atoms with Gasteiger partial charge in [-0.1, -0.05) is 25.9 Å². The average Bonchev–Trinajstić information content (AvgIpc) is 2.84. The molecular formula is C12H19N5O. The van der Waals surface area contributed by atoms with E-state index in [0.29, 0.717) is 17.4 Å². The van der Waals surface area contributed by atoms with Gasteiger partial charge in [0.05, 0.1) is 6.04 Å². The number of aryl methyl sites for hydroxylation is 2. The normalized spacial score (nSPS) is 13.9. The minimum absolute atomic E-state index is 0.110. The van der Waals surface area contributed by atoms with E-state index >= 15 is 0 Å². The lowest BCUT2D eigenvalue weighted by Crippen LogP contribution is -2.27. The molecule has 0 fully saturated rings. The number of rotatable bonds is 2. The van der Waals surface area contributed by atoms with Crippen LogP contribution in [0, 0.1) is 12.3 Å². The second kappa shape index (κ2) is 4.20. The van der Waals surface area contributed by atoms with Gasteiger partial charge >= 0.3 is 0 Å². The molecule has 2 N–H and O–H groups in total. The Labute approximate surface area is 106 Å². The molecule has 0 saturated heterocycles. The Bertz CT molecular complexity index is 530. The fourth-order valence-electron chi connectivity index (χ4n) is 1.52. The summed E-state index contributed by atoms with van der Waals surface area (Å²) in [5.74, 6) is 0.925. The Morgan fingerprint density at radius 1 is 1.39 bits per heavy atom. The molecule has 2 heterocycles. The maximum Gasteiger partial charge on any atom is 0.278 e. The van der Waals surface area contributed by atoms with Gasteiger partial charge in [0.25, 0.3) is 5.89 Å². The van der Waals surface area contributed by atoms with Gasteiger partial charge in [-0.3, -0.25) is 4.68 Å². The number of nitrogens with zero attached hydrogens (tertiary/aromatic N) is 4. The smallest absolute Gasteiger partial charge is 0.278 e. The maximum atomic E-state index is 6.09. The third-order valence-electron chi connectivity index (χ3n) is 2.99. The van der Waals surface area contributed by atoms with Crippen LogP contribution in [-0.2, 0) is 7.05 Å². The summed E-state index contributed by atoms with van der Waals surface area (Å²) < 4.78 is 6.99. The second-order valence-corrected chi connectivity index (χ2v) is 5.60. The van der Waals surface area contributed by atoms with E-state index in [9.17, 15) is 0 Å². The van der Waals surface area contributed by atoms with Gasteiger partial charge in [0, 0.05) is 12.7 Å². The molecule has 0 aliphatic heterocycles. The fraction of sp³-hybridized carbons (Fsp3) is 0.583. The van der Waals surface area contributed by atoms with Crippen molar-refractivity contribution >= 4 is 0 Å². The molecule has 0 saturated carbocycles. The molecule has 98 valence electrons. The zero-order valence-electron chi connectivity index (χ0n) is 11.4. The molecule has 0 spiro atoms. The molecule has 6 heteroatoms. The first-order chi connectivity index (χ1) is 8.29. The van der Waals surface area contributed by atoms with Crippen molar-refractivity contribution in [2.24, 2.45) is 18.2 Å². The van der Waals surface area contributed by atoms with Crippen molar-refractivity contribution in [2.75, 3.05) is 0 Å². The second-order valence-electron chi connectivity index (χ2n) is 5.60. The highest BCUT2D eigenvalue weighted by Gasteiger charge is 2.27. The van der Waals surface area contributed by atoms with Crippen molar-refractivity contribution < 1.29 is 4.52 Å². The van der Waals surface area contributed by atoms with Gasteiger partial charge in [-0.15, -0.1) is 0 Å². The van der Waals surface area contributed by atoms with Gasteiger partial charge < -0.3 is 10.3 Å². The predicted octanol–water partition coefficient (Wildman–Crippen LogP) is 1.82. The molecule has 0 bridgehead atoms. The zero-order chi connectivity index (χ0) is 13.5. The molecule has 0 amide bonds. The first-order valence-electron chi connectivity index (χ1n) is 5.89. The molecule has 1 atom stereocenters.